The number of carbonyl (C=O) groups is 2. The maximum Gasteiger partial charge on any atom is 0.267 e. The maximum atomic E-state index is 14.4. The molecule has 0 atom stereocenters. The van der Waals surface area contributed by atoms with Crippen LogP contribution in [-0.4, -0.2) is 33.7 Å². The molecule has 0 bridgehead atoms. The van der Waals surface area contributed by atoms with Crippen LogP contribution in [0.1, 0.15) is 20.7 Å². The molecule has 2 aromatic heterocycles. The van der Waals surface area contributed by atoms with Gasteiger partial charge in [-0.3, -0.25) is 9.59 Å². The van der Waals surface area contributed by atoms with Crippen molar-refractivity contribution in [2.45, 2.75) is 0 Å². The highest BCUT2D eigenvalue weighted by molar-refractivity contribution is 6.38. The Kier molecular flexibility index (Phi) is 3.89. The number of fused-ring (bicyclic) bond motifs is 3. The summed E-state index contributed by atoms with van der Waals surface area (Å²) in [5.41, 5.74) is 1.91. The zero-order valence-corrected chi connectivity index (χ0v) is 16.1. The summed E-state index contributed by atoms with van der Waals surface area (Å²) in [4.78, 5) is 31.5. The zero-order chi connectivity index (χ0) is 21.0. The first-order valence-corrected chi connectivity index (χ1v) is 9.14. The fraction of sp³-hybridized carbons (Fsp3) is 0.0909. The van der Waals surface area contributed by atoms with E-state index in [-0.39, 0.29) is 16.8 Å². The van der Waals surface area contributed by atoms with Gasteiger partial charge in [-0.15, -0.1) is 0 Å². The molecule has 0 spiro atoms. The van der Waals surface area contributed by atoms with Crippen LogP contribution < -0.4 is 9.64 Å². The molecule has 8 heteroatoms. The molecule has 4 aromatic rings. The van der Waals surface area contributed by atoms with Crippen molar-refractivity contribution in [3.05, 3.63) is 71.7 Å². The van der Waals surface area contributed by atoms with Crippen LogP contribution >= 0.6 is 0 Å². The smallest absolute Gasteiger partial charge is 0.267 e. The van der Waals surface area contributed by atoms with Gasteiger partial charge >= 0.3 is 0 Å². The van der Waals surface area contributed by atoms with Crippen LogP contribution in [0.25, 0.3) is 22.3 Å². The fourth-order valence-corrected chi connectivity index (χ4v) is 3.73. The molecule has 0 unspecified atom stereocenters. The van der Waals surface area contributed by atoms with Gasteiger partial charge in [0.2, 0.25) is 0 Å². The number of para-hydroxylation sites is 1. The van der Waals surface area contributed by atoms with Gasteiger partial charge < -0.3 is 4.74 Å². The number of halogens is 1. The minimum atomic E-state index is -0.655. The molecule has 0 fully saturated rings. The van der Waals surface area contributed by atoms with Gasteiger partial charge in [-0.05, 0) is 36.4 Å². The normalized spacial score (nSPS) is 13.2. The van der Waals surface area contributed by atoms with Crippen LogP contribution in [0.2, 0.25) is 0 Å². The van der Waals surface area contributed by atoms with Crippen LogP contribution in [0.5, 0.6) is 5.75 Å². The molecule has 3 heterocycles. The molecule has 0 saturated carbocycles. The topological polar surface area (TPSA) is 77.3 Å². The molecule has 1 aliphatic heterocycles. The maximum absolute atomic E-state index is 14.4. The van der Waals surface area contributed by atoms with Crippen molar-refractivity contribution in [2.75, 3.05) is 12.0 Å². The Morgan fingerprint density at radius 2 is 1.73 bits per heavy atom. The summed E-state index contributed by atoms with van der Waals surface area (Å²) in [6.45, 7) is 0. The van der Waals surface area contributed by atoms with Crippen LogP contribution in [0, 0.1) is 5.82 Å². The number of hydrogen-bond donors (Lipinski definition) is 0. The summed E-state index contributed by atoms with van der Waals surface area (Å²) < 4.78 is 21.1. The van der Waals surface area contributed by atoms with Gasteiger partial charge in [0.25, 0.3) is 11.8 Å². The third-order valence-electron chi connectivity index (χ3n) is 5.16. The van der Waals surface area contributed by atoms with E-state index in [1.807, 2.05) is 12.1 Å². The fourth-order valence-electron chi connectivity index (χ4n) is 3.73. The molecule has 1 aliphatic rings. The van der Waals surface area contributed by atoms with E-state index in [9.17, 15) is 14.0 Å². The summed E-state index contributed by atoms with van der Waals surface area (Å²) in [5, 5.41) is 4.98. The zero-order valence-electron chi connectivity index (χ0n) is 16.1. The number of anilines is 1. The summed E-state index contributed by atoms with van der Waals surface area (Å²) in [5.74, 6) is -1.19. The summed E-state index contributed by atoms with van der Waals surface area (Å²) in [7, 11) is 3.29. The minimum absolute atomic E-state index is 0.0910. The second-order valence-corrected chi connectivity index (χ2v) is 6.84. The number of aryl methyl sites for hydroxylation is 1. The van der Waals surface area contributed by atoms with Gasteiger partial charge in [0.1, 0.15) is 17.3 Å². The average Bonchev–Trinajstić information content (AvgIpc) is 3.23. The number of carbonyl (C=O) groups excluding carboxylic acids is 2. The van der Waals surface area contributed by atoms with E-state index in [1.54, 1.807) is 37.0 Å². The predicted octanol–water partition coefficient (Wildman–Crippen LogP) is 3.58. The van der Waals surface area contributed by atoms with E-state index in [0.29, 0.717) is 22.5 Å². The molecular weight excluding hydrogens is 387 g/mol. The quantitative estimate of drug-likeness (QED) is 0.490. The van der Waals surface area contributed by atoms with Gasteiger partial charge in [0, 0.05) is 18.8 Å². The van der Waals surface area contributed by atoms with E-state index in [0.717, 1.165) is 10.5 Å². The van der Waals surface area contributed by atoms with Crippen LogP contribution in [0.15, 0.2) is 54.7 Å². The largest absolute Gasteiger partial charge is 0.497 e. The SMILES string of the molecule is COc1ccc(-c2nn(C)c3ncc4c(c23)C(=O)N(c2ccccc2F)C4=O)cc1. The van der Waals surface area contributed by atoms with Crippen LogP contribution in [0.4, 0.5) is 10.1 Å². The number of pyridine rings is 1. The Bertz CT molecular complexity index is 1340. The number of amides is 2. The highest BCUT2D eigenvalue weighted by atomic mass is 19.1. The van der Waals surface area contributed by atoms with Gasteiger partial charge in [0.15, 0.2) is 5.65 Å². The van der Waals surface area contributed by atoms with E-state index < -0.39 is 17.6 Å². The van der Waals surface area contributed by atoms with Gasteiger partial charge in [-0.1, -0.05) is 12.1 Å². The van der Waals surface area contributed by atoms with Crippen molar-refractivity contribution in [2.24, 2.45) is 7.05 Å². The highest BCUT2D eigenvalue weighted by Gasteiger charge is 2.41. The van der Waals surface area contributed by atoms with Gasteiger partial charge in [0.05, 0.1) is 29.3 Å². The number of methoxy groups -OCH3 is 1. The first-order chi connectivity index (χ1) is 14.5. The van der Waals surface area contributed by atoms with Crippen molar-refractivity contribution in [3.63, 3.8) is 0 Å². The lowest BCUT2D eigenvalue weighted by Crippen LogP contribution is -2.30. The Morgan fingerprint density at radius 1 is 1.00 bits per heavy atom. The van der Waals surface area contributed by atoms with Crippen LogP contribution in [0.3, 0.4) is 0 Å². The van der Waals surface area contributed by atoms with Crippen molar-refractivity contribution >= 4 is 28.5 Å². The van der Waals surface area contributed by atoms with E-state index in [4.69, 9.17) is 4.74 Å². The first-order valence-electron chi connectivity index (χ1n) is 9.14. The molecule has 148 valence electrons. The summed E-state index contributed by atoms with van der Waals surface area (Å²) in [6.07, 6.45) is 1.35. The van der Waals surface area contributed by atoms with Gasteiger partial charge in [-0.25, -0.2) is 19.0 Å². The van der Waals surface area contributed by atoms with Crippen LogP contribution in [-0.2, 0) is 7.05 Å². The number of rotatable bonds is 3. The number of benzene rings is 2. The minimum Gasteiger partial charge on any atom is -0.497 e. The first kappa shape index (κ1) is 18.0. The third-order valence-corrected chi connectivity index (χ3v) is 5.16. The average molecular weight is 402 g/mol. The standard InChI is InChI=1S/C22H15FN4O3/c1-26-20-18(19(25-26)12-7-9-13(30-2)10-8-12)17-14(11-24-20)21(28)27(22(17)29)16-6-4-3-5-15(16)23/h3-11H,1-2H3. The third kappa shape index (κ3) is 2.43. The molecule has 2 amide bonds. The van der Waals surface area contributed by atoms with Crippen molar-refractivity contribution in [1.29, 1.82) is 0 Å². The monoisotopic (exact) mass is 402 g/mol. The Labute approximate surface area is 170 Å². The highest BCUT2D eigenvalue weighted by Crippen LogP contribution is 2.37. The van der Waals surface area contributed by atoms with E-state index in [2.05, 4.69) is 10.1 Å². The summed E-state index contributed by atoms with van der Waals surface area (Å²) >= 11 is 0. The molecule has 2 aromatic carbocycles. The number of hydrogen-bond acceptors (Lipinski definition) is 5. The molecule has 0 aliphatic carbocycles. The lowest BCUT2D eigenvalue weighted by atomic mass is 10.0. The second kappa shape index (κ2) is 6.48. The van der Waals surface area contributed by atoms with Crippen molar-refractivity contribution in [1.82, 2.24) is 14.8 Å². The molecule has 30 heavy (non-hydrogen) atoms. The summed E-state index contributed by atoms with van der Waals surface area (Å²) in [6, 6.07) is 12.9. The number of ether oxygens (including phenoxy) is 1. The number of aromatic nitrogens is 3. The predicted molar refractivity (Wildman–Crippen MR) is 108 cm³/mol. The second-order valence-electron chi connectivity index (χ2n) is 6.84. The number of imide groups is 1. The van der Waals surface area contributed by atoms with Crippen molar-refractivity contribution in [3.8, 4) is 17.0 Å². The Balaban J connectivity index is 1.75. The molecular formula is C22H15FN4O3. The Hall–Kier alpha value is -4.07. The number of nitrogens with zero attached hydrogens (tertiary/aromatic N) is 4. The molecule has 0 radical (unpaired) electrons. The van der Waals surface area contributed by atoms with Gasteiger partial charge in [-0.2, -0.15) is 5.10 Å². The lowest BCUT2D eigenvalue weighted by Gasteiger charge is -2.14. The lowest BCUT2D eigenvalue weighted by molar-refractivity contribution is 0.0925. The molecule has 0 N–H and O–H groups in total. The Morgan fingerprint density at radius 3 is 2.43 bits per heavy atom. The molecule has 5 rings (SSSR count). The molecule has 7 nitrogen and oxygen atoms in total. The van der Waals surface area contributed by atoms with E-state index >= 15 is 0 Å². The van der Waals surface area contributed by atoms with Crippen molar-refractivity contribution < 1.29 is 18.7 Å². The molecule has 0 saturated heterocycles. The van der Waals surface area contributed by atoms with E-state index in [1.165, 1.54) is 24.4 Å².